The maximum absolute atomic E-state index is 12.3. The summed E-state index contributed by atoms with van der Waals surface area (Å²) in [5.74, 6) is 0.0616. The van der Waals surface area contributed by atoms with Crippen LogP contribution in [0, 0.1) is 11.8 Å². The van der Waals surface area contributed by atoms with Crippen molar-refractivity contribution in [2.75, 3.05) is 13.6 Å². The molecule has 0 aromatic carbocycles. The largest absolute Gasteiger partial charge is 0.389 e. The van der Waals surface area contributed by atoms with Gasteiger partial charge < -0.3 is 5.32 Å². The third kappa shape index (κ3) is 3.86. The van der Waals surface area contributed by atoms with Gasteiger partial charge in [-0.2, -0.15) is 13.2 Å². The molecule has 84 valence electrons. The Kier molecular flexibility index (Phi) is 4.23. The van der Waals surface area contributed by atoms with Crippen molar-refractivity contribution in [3.8, 4) is 0 Å². The maximum Gasteiger partial charge on any atom is 0.389 e. The molecule has 0 aliphatic heterocycles. The van der Waals surface area contributed by atoms with Gasteiger partial charge in [-0.25, -0.2) is 0 Å². The summed E-state index contributed by atoms with van der Waals surface area (Å²) < 4.78 is 36.8. The zero-order chi connectivity index (χ0) is 10.6. The molecule has 1 atom stereocenters. The Labute approximate surface area is 83.1 Å². The average Bonchev–Trinajstić information content (AvgIpc) is 2.52. The van der Waals surface area contributed by atoms with Crippen molar-refractivity contribution in [3.63, 3.8) is 0 Å². The molecule has 1 fully saturated rings. The van der Waals surface area contributed by atoms with Gasteiger partial charge in [-0.3, -0.25) is 0 Å². The lowest BCUT2D eigenvalue weighted by atomic mass is 9.88. The first-order valence-corrected chi connectivity index (χ1v) is 5.24. The molecule has 0 saturated heterocycles. The molecule has 0 bridgehead atoms. The van der Waals surface area contributed by atoms with Crippen molar-refractivity contribution < 1.29 is 13.2 Å². The molecule has 1 rings (SSSR count). The van der Waals surface area contributed by atoms with E-state index in [4.69, 9.17) is 0 Å². The summed E-state index contributed by atoms with van der Waals surface area (Å²) in [5, 5.41) is 2.87. The maximum atomic E-state index is 12.3. The lowest BCUT2D eigenvalue weighted by molar-refractivity contribution is -0.147. The van der Waals surface area contributed by atoms with E-state index in [9.17, 15) is 13.2 Å². The summed E-state index contributed by atoms with van der Waals surface area (Å²) >= 11 is 0. The van der Waals surface area contributed by atoms with Crippen LogP contribution in [0.5, 0.6) is 0 Å². The van der Waals surface area contributed by atoms with Crippen LogP contribution in [0.25, 0.3) is 0 Å². The van der Waals surface area contributed by atoms with Crippen molar-refractivity contribution in [2.45, 2.75) is 38.3 Å². The summed E-state index contributed by atoms with van der Waals surface area (Å²) in [4.78, 5) is 0. The standard InChI is InChI=1S/C10H18F3N/c1-14-7-9(6-10(11,12)13)8-4-2-3-5-8/h8-9,14H,2-7H2,1H3/t9-/m1/s1. The molecule has 4 heteroatoms. The zero-order valence-electron chi connectivity index (χ0n) is 8.53. The minimum absolute atomic E-state index is 0.220. The van der Waals surface area contributed by atoms with Gasteiger partial charge in [0.1, 0.15) is 0 Å². The van der Waals surface area contributed by atoms with Crippen molar-refractivity contribution in [1.82, 2.24) is 5.32 Å². The lowest BCUT2D eigenvalue weighted by Gasteiger charge is -2.24. The second-order valence-electron chi connectivity index (χ2n) is 4.18. The predicted molar refractivity (Wildman–Crippen MR) is 50.0 cm³/mol. The molecular weight excluding hydrogens is 191 g/mol. The molecule has 0 unspecified atom stereocenters. The van der Waals surface area contributed by atoms with E-state index in [0.29, 0.717) is 6.54 Å². The first-order chi connectivity index (χ1) is 6.53. The summed E-state index contributed by atoms with van der Waals surface area (Å²) in [5.41, 5.74) is 0. The third-order valence-corrected chi connectivity index (χ3v) is 3.03. The molecule has 1 aliphatic rings. The Hall–Kier alpha value is -0.250. The van der Waals surface area contributed by atoms with Crippen molar-refractivity contribution >= 4 is 0 Å². The van der Waals surface area contributed by atoms with E-state index in [1.807, 2.05) is 0 Å². The van der Waals surface area contributed by atoms with Gasteiger partial charge >= 0.3 is 6.18 Å². The SMILES string of the molecule is CNC[C@@H](CC(F)(F)F)C1CCCC1. The molecule has 1 nitrogen and oxygen atoms in total. The first-order valence-electron chi connectivity index (χ1n) is 5.24. The number of hydrogen-bond donors (Lipinski definition) is 1. The Bertz CT molecular complexity index is 161. The monoisotopic (exact) mass is 209 g/mol. The molecule has 1 N–H and O–H groups in total. The van der Waals surface area contributed by atoms with Crippen LogP contribution < -0.4 is 5.32 Å². The predicted octanol–water partition coefficient (Wildman–Crippen LogP) is 2.96. The second kappa shape index (κ2) is 5.01. The molecule has 0 heterocycles. The Morgan fingerprint density at radius 3 is 2.29 bits per heavy atom. The molecule has 1 saturated carbocycles. The summed E-state index contributed by atoms with van der Waals surface area (Å²) in [7, 11) is 1.72. The fourth-order valence-electron chi connectivity index (χ4n) is 2.39. The van der Waals surface area contributed by atoms with Gasteiger partial charge in [-0.15, -0.1) is 0 Å². The number of nitrogens with one attached hydrogen (secondary N) is 1. The van der Waals surface area contributed by atoms with E-state index in [0.717, 1.165) is 25.7 Å². The van der Waals surface area contributed by atoms with E-state index in [2.05, 4.69) is 5.32 Å². The van der Waals surface area contributed by atoms with Crippen molar-refractivity contribution in [3.05, 3.63) is 0 Å². The molecule has 0 spiro atoms. The Morgan fingerprint density at radius 2 is 1.86 bits per heavy atom. The number of hydrogen-bond acceptors (Lipinski definition) is 1. The van der Waals surface area contributed by atoms with Crippen LogP contribution in [0.2, 0.25) is 0 Å². The lowest BCUT2D eigenvalue weighted by Crippen LogP contribution is -2.29. The fourth-order valence-corrected chi connectivity index (χ4v) is 2.39. The van der Waals surface area contributed by atoms with Crippen LogP contribution in [0.15, 0.2) is 0 Å². The highest BCUT2D eigenvalue weighted by atomic mass is 19.4. The van der Waals surface area contributed by atoms with Crippen LogP contribution in [-0.2, 0) is 0 Å². The highest BCUT2D eigenvalue weighted by molar-refractivity contribution is 4.78. The molecule has 0 amide bonds. The van der Waals surface area contributed by atoms with Crippen molar-refractivity contribution in [1.29, 1.82) is 0 Å². The normalized spacial score (nSPS) is 21.4. The van der Waals surface area contributed by atoms with E-state index < -0.39 is 12.6 Å². The van der Waals surface area contributed by atoms with E-state index in [1.54, 1.807) is 7.05 Å². The first kappa shape index (κ1) is 11.8. The number of alkyl halides is 3. The van der Waals surface area contributed by atoms with Gasteiger partial charge in [0.05, 0.1) is 0 Å². The van der Waals surface area contributed by atoms with E-state index in [-0.39, 0.29) is 11.8 Å². The van der Waals surface area contributed by atoms with Crippen LogP contribution >= 0.6 is 0 Å². The molecular formula is C10H18F3N. The Morgan fingerprint density at radius 1 is 1.29 bits per heavy atom. The molecule has 1 aliphatic carbocycles. The minimum Gasteiger partial charge on any atom is -0.319 e. The fraction of sp³-hybridized carbons (Fsp3) is 1.00. The second-order valence-corrected chi connectivity index (χ2v) is 4.18. The highest BCUT2D eigenvalue weighted by Crippen LogP contribution is 2.37. The molecule has 0 aromatic heterocycles. The van der Waals surface area contributed by atoms with Gasteiger partial charge in [-0.05, 0) is 25.4 Å². The third-order valence-electron chi connectivity index (χ3n) is 3.03. The topological polar surface area (TPSA) is 12.0 Å². The zero-order valence-corrected chi connectivity index (χ0v) is 8.53. The van der Waals surface area contributed by atoms with E-state index >= 15 is 0 Å². The van der Waals surface area contributed by atoms with Crippen LogP contribution in [0.4, 0.5) is 13.2 Å². The average molecular weight is 209 g/mol. The summed E-state index contributed by atoms with van der Waals surface area (Å²) in [6.45, 7) is 0.490. The summed E-state index contributed by atoms with van der Waals surface area (Å²) in [6, 6.07) is 0. The number of halogens is 3. The number of rotatable bonds is 4. The van der Waals surface area contributed by atoms with Gasteiger partial charge in [0.25, 0.3) is 0 Å². The van der Waals surface area contributed by atoms with Crippen molar-refractivity contribution in [2.24, 2.45) is 11.8 Å². The Balaban J connectivity index is 2.45. The summed E-state index contributed by atoms with van der Waals surface area (Å²) in [6.07, 6.45) is -0.487. The molecule has 14 heavy (non-hydrogen) atoms. The quantitative estimate of drug-likeness (QED) is 0.750. The van der Waals surface area contributed by atoms with Gasteiger partial charge in [0.2, 0.25) is 0 Å². The molecule has 0 aromatic rings. The van der Waals surface area contributed by atoms with Gasteiger partial charge in [-0.1, -0.05) is 25.7 Å². The van der Waals surface area contributed by atoms with Gasteiger partial charge in [0, 0.05) is 6.42 Å². The van der Waals surface area contributed by atoms with Crippen LogP contribution in [0.3, 0.4) is 0 Å². The smallest absolute Gasteiger partial charge is 0.319 e. The minimum atomic E-state index is -4.01. The highest BCUT2D eigenvalue weighted by Gasteiger charge is 2.35. The molecule has 0 radical (unpaired) electrons. The van der Waals surface area contributed by atoms with E-state index in [1.165, 1.54) is 0 Å². The van der Waals surface area contributed by atoms with Gasteiger partial charge in [0.15, 0.2) is 0 Å². The van der Waals surface area contributed by atoms with Crippen LogP contribution in [-0.4, -0.2) is 19.8 Å². The van der Waals surface area contributed by atoms with Crippen LogP contribution in [0.1, 0.15) is 32.1 Å².